The average molecular weight is 231 g/mol. The number of hydrogen-bond donors (Lipinski definition) is 0. The predicted molar refractivity (Wildman–Crippen MR) is 54.9 cm³/mol. The van der Waals surface area contributed by atoms with E-state index >= 15 is 0 Å². The number of rotatable bonds is 1. The minimum atomic E-state index is 0.229. The number of halogens is 2. The van der Waals surface area contributed by atoms with E-state index in [1.165, 1.54) is 0 Å². The summed E-state index contributed by atoms with van der Waals surface area (Å²) in [6.07, 6.45) is 0. The van der Waals surface area contributed by atoms with Gasteiger partial charge >= 0.3 is 0 Å². The lowest BCUT2D eigenvalue weighted by Crippen LogP contribution is -2.00. The van der Waals surface area contributed by atoms with Crippen LogP contribution in [0.5, 0.6) is 0 Å². The van der Waals surface area contributed by atoms with Crippen molar-refractivity contribution in [1.29, 1.82) is 0 Å². The first kappa shape index (κ1) is 9.68. The lowest BCUT2D eigenvalue weighted by molar-refractivity contribution is 0.721. The first-order chi connectivity index (χ1) is 6.59. The molecule has 0 unspecified atom stereocenters. The van der Waals surface area contributed by atoms with Crippen molar-refractivity contribution in [1.82, 2.24) is 19.8 Å². The molecule has 2 rings (SSSR count). The summed E-state index contributed by atoms with van der Waals surface area (Å²) in [5.74, 6) is 0.983. The van der Waals surface area contributed by atoms with Crippen molar-refractivity contribution in [2.45, 2.75) is 19.8 Å². The Morgan fingerprint density at radius 1 is 1.29 bits per heavy atom. The molecule has 0 radical (unpaired) electrons. The molecule has 2 aromatic heterocycles. The van der Waals surface area contributed by atoms with Crippen molar-refractivity contribution < 1.29 is 0 Å². The molecule has 14 heavy (non-hydrogen) atoms. The van der Waals surface area contributed by atoms with Crippen molar-refractivity contribution >= 4 is 28.8 Å². The molecule has 4 nitrogen and oxygen atoms in total. The fourth-order valence-electron chi connectivity index (χ4n) is 1.19. The standard InChI is InChI=1S/C8H8Cl2N4/c1-4(2)7-11-12-8-5(9)3-6(10)13-14(7)8/h3-4H,1-2H3. The van der Waals surface area contributed by atoms with E-state index in [-0.39, 0.29) is 5.92 Å². The monoisotopic (exact) mass is 230 g/mol. The molecule has 0 atom stereocenters. The fourth-order valence-corrected chi connectivity index (χ4v) is 1.65. The maximum absolute atomic E-state index is 5.93. The van der Waals surface area contributed by atoms with Gasteiger partial charge in [-0.3, -0.25) is 0 Å². The largest absolute Gasteiger partial charge is 0.196 e. The van der Waals surface area contributed by atoms with Gasteiger partial charge in [0.05, 0.1) is 5.02 Å². The summed E-state index contributed by atoms with van der Waals surface area (Å²) in [6, 6.07) is 1.55. The molecule has 0 aliphatic carbocycles. The van der Waals surface area contributed by atoms with Crippen LogP contribution in [0.15, 0.2) is 6.07 Å². The van der Waals surface area contributed by atoms with Crippen LogP contribution in [-0.2, 0) is 0 Å². The predicted octanol–water partition coefficient (Wildman–Crippen LogP) is 2.55. The highest BCUT2D eigenvalue weighted by molar-refractivity contribution is 6.35. The number of fused-ring (bicyclic) bond motifs is 1. The van der Waals surface area contributed by atoms with Gasteiger partial charge in [-0.25, -0.2) is 0 Å². The number of hydrogen-bond acceptors (Lipinski definition) is 3. The van der Waals surface area contributed by atoms with Crippen LogP contribution >= 0.6 is 23.2 Å². The highest BCUT2D eigenvalue weighted by atomic mass is 35.5. The highest BCUT2D eigenvalue weighted by Gasteiger charge is 2.13. The van der Waals surface area contributed by atoms with Crippen molar-refractivity contribution in [2.75, 3.05) is 0 Å². The first-order valence-corrected chi connectivity index (χ1v) is 4.92. The molecule has 6 heteroatoms. The summed E-state index contributed by atoms with van der Waals surface area (Å²) in [5, 5.41) is 12.8. The van der Waals surface area contributed by atoms with Crippen molar-refractivity contribution in [3.63, 3.8) is 0 Å². The number of nitrogens with zero attached hydrogens (tertiary/aromatic N) is 4. The van der Waals surface area contributed by atoms with Gasteiger partial charge in [0.1, 0.15) is 0 Å². The zero-order chi connectivity index (χ0) is 10.3. The third-order valence-electron chi connectivity index (χ3n) is 1.84. The van der Waals surface area contributed by atoms with Gasteiger partial charge in [-0.05, 0) is 6.07 Å². The SMILES string of the molecule is CC(C)c1nnc2c(Cl)cc(Cl)nn12. The Labute approximate surface area is 90.8 Å². The Kier molecular flexibility index (Phi) is 2.33. The normalized spacial score (nSPS) is 11.5. The third-order valence-corrected chi connectivity index (χ3v) is 2.30. The molecular formula is C8H8Cl2N4. The Balaban J connectivity index is 2.78. The Bertz CT molecular complexity index is 477. The smallest absolute Gasteiger partial charge is 0.194 e. The lowest BCUT2D eigenvalue weighted by atomic mass is 10.2. The van der Waals surface area contributed by atoms with Crippen molar-refractivity contribution in [2.24, 2.45) is 0 Å². The van der Waals surface area contributed by atoms with E-state index in [0.29, 0.717) is 15.8 Å². The Morgan fingerprint density at radius 2 is 2.00 bits per heavy atom. The fraction of sp³-hybridized carbons (Fsp3) is 0.375. The minimum Gasteiger partial charge on any atom is -0.194 e. The van der Waals surface area contributed by atoms with Gasteiger partial charge in [0.25, 0.3) is 0 Å². The van der Waals surface area contributed by atoms with E-state index in [0.717, 1.165) is 5.82 Å². The molecule has 0 saturated carbocycles. The molecule has 2 heterocycles. The quantitative estimate of drug-likeness (QED) is 0.757. The van der Waals surface area contributed by atoms with E-state index < -0.39 is 0 Å². The number of aromatic nitrogens is 4. The maximum atomic E-state index is 5.93. The molecular weight excluding hydrogens is 223 g/mol. The molecule has 0 spiro atoms. The molecule has 0 saturated heterocycles. The first-order valence-electron chi connectivity index (χ1n) is 4.17. The summed E-state index contributed by atoms with van der Waals surface area (Å²) in [4.78, 5) is 0. The molecule has 0 bridgehead atoms. The molecule has 74 valence electrons. The van der Waals surface area contributed by atoms with Crippen LogP contribution in [0.2, 0.25) is 10.2 Å². The summed E-state index contributed by atoms with van der Waals surface area (Å²) in [7, 11) is 0. The Hall–Kier alpha value is -0.870. The van der Waals surface area contributed by atoms with Gasteiger partial charge in [0.2, 0.25) is 0 Å². The van der Waals surface area contributed by atoms with E-state index in [9.17, 15) is 0 Å². The molecule has 0 aliphatic rings. The molecule has 2 aromatic rings. The van der Waals surface area contributed by atoms with Gasteiger partial charge in [-0.1, -0.05) is 37.0 Å². The van der Waals surface area contributed by atoms with Gasteiger partial charge < -0.3 is 0 Å². The second-order valence-corrected chi connectivity index (χ2v) is 4.06. The van der Waals surface area contributed by atoms with Crippen molar-refractivity contribution in [3.05, 3.63) is 22.1 Å². The molecule has 0 aliphatic heterocycles. The van der Waals surface area contributed by atoms with Crippen LogP contribution in [0, 0.1) is 0 Å². The third kappa shape index (κ3) is 1.44. The Morgan fingerprint density at radius 3 is 2.64 bits per heavy atom. The maximum Gasteiger partial charge on any atom is 0.196 e. The molecule has 0 N–H and O–H groups in total. The summed E-state index contributed by atoms with van der Waals surface area (Å²) < 4.78 is 1.58. The summed E-state index contributed by atoms with van der Waals surface area (Å²) >= 11 is 11.7. The summed E-state index contributed by atoms with van der Waals surface area (Å²) in [6.45, 7) is 4.01. The molecule has 0 amide bonds. The van der Waals surface area contributed by atoms with Crippen LogP contribution in [0.3, 0.4) is 0 Å². The van der Waals surface area contributed by atoms with Crippen LogP contribution in [0.1, 0.15) is 25.6 Å². The topological polar surface area (TPSA) is 43.1 Å². The zero-order valence-corrected chi connectivity index (χ0v) is 9.21. The second kappa shape index (κ2) is 3.37. The van der Waals surface area contributed by atoms with E-state index in [2.05, 4.69) is 15.3 Å². The van der Waals surface area contributed by atoms with E-state index in [1.54, 1.807) is 10.6 Å². The zero-order valence-electron chi connectivity index (χ0n) is 7.70. The van der Waals surface area contributed by atoms with E-state index in [4.69, 9.17) is 23.2 Å². The summed E-state index contributed by atoms with van der Waals surface area (Å²) in [5.41, 5.74) is 0.541. The second-order valence-electron chi connectivity index (χ2n) is 3.26. The molecule has 0 aromatic carbocycles. The van der Waals surface area contributed by atoms with Crippen molar-refractivity contribution in [3.8, 4) is 0 Å². The minimum absolute atomic E-state index is 0.229. The van der Waals surface area contributed by atoms with Gasteiger partial charge in [0.15, 0.2) is 16.6 Å². The van der Waals surface area contributed by atoms with E-state index in [1.807, 2.05) is 13.8 Å². The van der Waals surface area contributed by atoms with Gasteiger partial charge in [0, 0.05) is 5.92 Å². The van der Waals surface area contributed by atoms with Crippen LogP contribution in [-0.4, -0.2) is 19.8 Å². The highest BCUT2D eigenvalue weighted by Crippen LogP contribution is 2.21. The van der Waals surface area contributed by atoms with Crippen LogP contribution in [0.4, 0.5) is 0 Å². The van der Waals surface area contributed by atoms with Crippen LogP contribution < -0.4 is 0 Å². The van der Waals surface area contributed by atoms with Gasteiger partial charge in [-0.15, -0.1) is 10.2 Å². The van der Waals surface area contributed by atoms with Crippen LogP contribution in [0.25, 0.3) is 5.65 Å². The lowest BCUT2D eigenvalue weighted by Gasteiger charge is -2.01. The average Bonchev–Trinajstić information content (AvgIpc) is 2.47. The van der Waals surface area contributed by atoms with Gasteiger partial charge in [-0.2, -0.15) is 9.61 Å². The molecule has 0 fully saturated rings.